The summed E-state index contributed by atoms with van der Waals surface area (Å²) in [5.41, 5.74) is 6.04. The predicted molar refractivity (Wildman–Crippen MR) is 101 cm³/mol. The number of rotatable bonds is 1. The van der Waals surface area contributed by atoms with E-state index in [0.717, 1.165) is 33.4 Å². The number of benzene rings is 2. The molecule has 0 N–H and O–H groups in total. The smallest absolute Gasteiger partial charge is 0.190 e. The van der Waals surface area contributed by atoms with Gasteiger partial charge in [0.1, 0.15) is 5.54 Å². The summed E-state index contributed by atoms with van der Waals surface area (Å²) in [6.07, 6.45) is 0. The van der Waals surface area contributed by atoms with Gasteiger partial charge in [-0.25, -0.2) is 0 Å². The number of ketones is 1. The molecule has 0 aliphatic carbocycles. The molecule has 0 bridgehead atoms. The van der Waals surface area contributed by atoms with Gasteiger partial charge in [0.05, 0.1) is 16.9 Å². The van der Waals surface area contributed by atoms with Crippen LogP contribution >= 0.6 is 0 Å². The van der Waals surface area contributed by atoms with E-state index in [-0.39, 0.29) is 5.78 Å². The number of aliphatic imine (C=N–C) groups is 1. The summed E-state index contributed by atoms with van der Waals surface area (Å²) < 4.78 is 1.89. The topological polar surface area (TPSA) is 47.2 Å². The van der Waals surface area contributed by atoms with E-state index in [1.54, 1.807) is 0 Å². The van der Waals surface area contributed by atoms with Gasteiger partial charge in [0.2, 0.25) is 0 Å². The van der Waals surface area contributed by atoms with Crippen LogP contribution in [0.5, 0.6) is 0 Å². The SMILES string of the molecule is Cc1ccc2c(C3=NC(C)(C)C(=O)c4ccccc43)n(C)nc2c1C. The Kier molecular flexibility index (Phi) is 3.23. The van der Waals surface area contributed by atoms with Gasteiger partial charge >= 0.3 is 0 Å². The van der Waals surface area contributed by atoms with Crippen molar-refractivity contribution in [1.29, 1.82) is 0 Å². The number of Topliss-reactive ketones (excluding diaryl/α,β-unsaturated/α-hetero) is 1. The van der Waals surface area contributed by atoms with E-state index in [4.69, 9.17) is 10.1 Å². The molecule has 1 aromatic heterocycles. The Labute approximate surface area is 147 Å². The number of hydrogen-bond donors (Lipinski definition) is 0. The third-order valence-corrected chi connectivity index (χ3v) is 5.13. The first-order valence-electron chi connectivity index (χ1n) is 8.48. The Morgan fingerprint density at radius 2 is 1.68 bits per heavy atom. The highest BCUT2D eigenvalue weighted by Gasteiger charge is 2.36. The zero-order chi connectivity index (χ0) is 17.9. The molecular formula is C21H21N3O. The van der Waals surface area contributed by atoms with E-state index in [0.29, 0.717) is 0 Å². The van der Waals surface area contributed by atoms with E-state index in [1.165, 1.54) is 11.1 Å². The third-order valence-electron chi connectivity index (χ3n) is 5.13. The minimum Gasteiger partial charge on any atom is -0.291 e. The lowest BCUT2D eigenvalue weighted by Gasteiger charge is -2.27. The second-order valence-corrected chi connectivity index (χ2v) is 7.27. The summed E-state index contributed by atoms with van der Waals surface area (Å²) in [5, 5.41) is 5.81. The molecule has 0 saturated heterocycles. The van der Waals surface area contributed by atoms with Crippen molar-refractivity contribution >= 4 is 22.4 Å². The van der Waals surface area contributed by atoms with E-state index in [1.807, 2.05) is 49.8 Å². The normalized spacial score (nSPS) is 16.0. The van der Waals surface area contributed by atoms with Crippen LogP contribution in [0.15, 0.2) is 41.4 Å². The number of fused-ring (bicyclic) bond motifs is 2. The summed E-state index contributed by atoms with van der Waals surface area (Å²) in [6.45, 7) is 7.94. The van der Waals surface area contributed by atoms with Crippen LogP contribution in [0.4, 0.5) is 0 Å². The van der Waals surface area contributed by atoms with Crippen molar-refractivity contribution in [1.82, 2.24) is 9.78 Å². The molecule has 4 nitrogen and oxygen atoms in total. The standard InChI is InChI=1S/C21H21N3O/c1-12-10-11-16-17(13(12)2)23-24(5)19(16)18-14-8-6-7-9-15(14)20(25)21(3,4)22-18/h6-11H,1-5H3. The van der Waals surface area contributed by atoms with Crippen molar-refractivity contribution in [3.63, 3.8) is 0 Å². The molecule has 1 aliphatic heterocycles. The van der Waals surface area contributed by atoms with Gasteiger partial charge in [0, 0.05) is 23.6 Å². The summed E-state index contributed by atoms with van der Waals surface area (Å²) in [4.78, 5) is 17.6. The molecule has 126 valence electrons. The molecule has 3 aromatic rings. The fraction of sp³-hybridized carbons (Fsp3) is 0.286. The highest BCUT2D eigenvalue weighted by Crippen LogP contribution is 2.32. The summed E-state index contributed by atoms with van der Waals surface area (Å²) in [5.74, 6) is 0.0605. The van der Waals surface area contributed by atoms with Crippen molar-refractivity contribution in [2.75, 3.05) is 0 Å². The van der Waals surface area contributed by atoms with Gasteiger partial charge in [-0.2, -0.15) is 5.10 Å². The number of hydrogen-bond acceptors (Lipinski definition) is 3. The zero-order valence-electron chi connectivity index (χ0n) is 15.2. The van der Waals surface area contributed by atoms with Crippen LogP contribution in [0.3, 0.4) is 0 Å². The molecule has 0 saturated carbocycles. The number of nitrogens with zero attached hydrogens (tertiary/aromatic N) is 3. The number of carbonyl (C=O) groups excluding carboxylic acids is 1. The maximum absolute atomic E-state index is 12.8. The van der Waals surface area contributed by atoms with Gasteiger partial charge in [-0.15, -0.1) is 0 Å². The van der Waals surface area contributed by atoms with Gasteiger partial charge in [-0.05, 0) is 38.8 Å². The van der Waals surface area contributed by atoms with Crippen molar-refractivity contribution in [3.8, 4) is 0 Å². The highest BCUT2D eigenvalue weighted by atomic mass is 16.1. The zero-order valence-corrected chi connectivity index (χ0v) is 15.2. The monoisotopic (exact) mass is 331 g/mol. The molecule has 25 heavy (non-hydrogen) atoms. The number of aryl methyl sites for hydroxylation is 3. The van der Waals surface area contributed by atoms with Crippen LogP contribution in [0.1, 0.15) is 46.6 Å². The molecular weight excluding hydrogens is 310 g/mol. The van der Waals surface area contributed by atoms with Gasteiger partial charge < -0.3 is 0 Å². The highest BCUT2D eigenvalue weighted by molar-refractivity contribution is 6.26. The molecule has 4 rings (SSSR count). The molecule has 0 spiro atoms. The molecule has 0 radical (unpaired) electrons. The minimum atomic E-state index is -0.778. The lowest BCUT2D eigenvalue weighted by Crippen LogP contribution is -2.37. The quantitative estimate of drug-likeness (QED) is 0.676. The van der Waals surface area contributed by atoms with Crippen LogP contribution in [0.25, 0.3) is 10.9 Å². The molecule has 2 aromatic carbocycles. The van der Waals surface area contributed by atoms with Crippen LogP contribution in [0, 0.1) is 13.8 Å². The fourth-order valence-electron chi connectivity index (χ4n) is 3.56. The molecule has 0 unspecified atom stereocenters. The summed E-state index contributed by atoms with van der Waals surface area (Å²) in [6, 6.07) is 11.9. The van der Waals surface area contributed by atoms with Gasteiger partial charge in [-0.1, -0.05) is 36.4 Å². The first-order valence-corrected chi connectivity index (χ1v) is 8.48. The lowest BCUT2D eigenvalue weighted by molar-refractivity contribution is 0.0912. The van der Waals surface area contributed by atoms with Crippen molar-refractivity contribution in [2.45, 2.75) is 33.2 Å². The van der Waals surface area contributed by atoms with Crippen LogP contribution in [0.2, 0.25) is 0 Å². The van der Waals surface area contributed by atoms with Gasteiger partial charge in [-0.3, -0.25) is 14.5 Å². The van der Waals surface area contributed by atoms with Crippen LogP contribution in [-0.4, -0.2) is 26.8 Å². The Morgan fingerprint density at radius 1 is 1.00 bits per heavy atom. The van der Waals surface area contributed by atoms with E-state index in [2.05, 4.69) is 26.0 Å². The van der Waals surface area contributed by atoms with E-state index < -0.39 is 5.54 Å². The molecule has 0 fully saturated rings. The predicted octanol–water partition coefficient (Wildman–Crippen LogP) is 4.00. The van der Waals surface area contributed by atoms with Gasteiger partial charge in [0.15, 0.2) is 5.78 Å². The largest absolute Gasteiger partial charge is 0.291 e. The minimum absolute atomic E-state index is 0.0605. The van der Waals surface area contributed by atoms with Crippen molar-refractivity contribution in [2.24, 2.45) is 12.0 Å². The van der Waals surface area contributed by atoms with E-state index >= 15 is 0 Å². The molecule has 1 aliphatic rings. The fourth-order valence-corrected chi connectivity index (χ4v) is 3.56. The Bertz CT molecular complexity index is 1070. The van der Waals surface area contributed by atoms with Crippen LogP contribution in [-0.2, 0) is 7.05 Å². The summed E-state index contributed by atoms with van der Waals surface area (Å²) in [7, 11) is 1.94. The number of carbonyl (C=O) groups is 1. The molecule has 0 amide bonds. The van der Waals surface area contributed by atoms with Gasteiger partial charge in [0.25, 0.3) is 0 Å². The second kappa shape index (κ2) is 5.12. The molecule has 4 heteroatoms. The Morgan fingerprint density at radius 3 is 2.40 bits per heavy atom. The lowest BCUT2D eigenvalue weighted by atomic mass is 9.84. The summed E-state index contributed by atoms with van der Waals surface area (Å²) >= 11 is 0. The second-order valence-electron chi connectivity index (χ2n) is 7.27. The first kappa shape index (κ1) is 15.8. The van der Waals surface area contributed by atoms with Crippen LogP contribution < -0.4 is 0 Å². The average molecular weight is 331 g/mol. The average Bonchev–Trinajstić information content (AvgIpc) is 2.91. The maximum atomic E-state index is 12.8. The van der Waals surface area contributed by atoms with Crippen molar-refractivity contribution < 1.29 is 4.79 Å². The molecule has 0 atom stereocenters. The Balaban J connectivity index is 2.08. The van der Waals surface area contributed by atoms with E-state index in [9.17, 15) is 4.79 Å². The van der Waals surface area contributed by atoms with Crippen molar-refractivity contribution in [3.05, 3.63) is 64.3 Å². The Hall–Kier alpha value is -2.75. The number of aromatic nitrogens is 2. The first-order chi connectivity index (χ1) is 11.8. The molecule has 2 heterocycles. The third kappa shape index (κ3) is 2.17. The maximum Gasteiger partial charge on any atom is 0.190 e.